The summed E-state index contributed by atoms with van der Waals surface area (Å²) in [7, 11) is 0. The van der Waals surface area contributed by atoms with Crippen LogP contribution >= 0.6 is 0 Å². The zero-order valence-electron chi connectivity index (χ0n) is 8.85. The Kier molecular flexibility index (Phi) is 3.27. The third-order valence-corrected chi connectivity index (χ3v) is 1.88. The molecular formula is C11H13F3O. The van der Waals surface area contributed by atoms with E-state index >= 15 is 0 Å². The van der Waals surface area contributed by atoms with Crippen molar-refractivity contribution in [3.05, 3.63) is 29.6 Å². The minimum absolute atomic E-state index is 0.0268. The Balaban J connectivity index is 3.06. The van der Waals surface area contributed by atoms with Gasteiger partial charge in [0, 0.05) is 6.92 Å². The van der Waals surface area contributed by atoms with Crippen molar-refractivity contribution in [2.45, 2.75) is 32.8 Å². The maximum atomic E-state index is 12.9. The SMILES string of the molecule is CC(C)c1cc(F)ccc1OC(C)(F)F. The molecule has 0 fully saturated rings. The molecule has 0 saturated heterocycles. The van der Waals surface area contributed by atoms with Crippen molar-refractivity contribution in [2.75, 3.05) is 0 Å². The Labute approximate surface area is 86.9 Å². The average molecular weight is 218 g/mol. The van der Waals surface area contributed by atoms with Gasteiger partial charge in [-0.25, -0.2) is 4.39 Å². The van der Waals surface area contributed by atoms with Crippen molar-refractivity contribution in [3.63, 3.8) is 0 Å². The predicted molar refractivity (Wildman–Crippen MR) is 51.7 cm³/mol. The highest BCUT2D eigenvalue weighted by molar-refractivity contribution is 5.36. The van der Waals surface area contributed by atoms with Gasteiger partial charge in [0.05, 0.1) is 0 Å². The van der Waals surface area contributed by atoms with E-state index in [4.69, 9.17) is 0 Å². The second-order valence-corrected chi connectivity index (χ2v) is 3.75. The van der Waals surface area contributed by atoms with Crippen molar-refractivity contribution in [3.8, 4) is 5.75 Å². The van der Waals surface area contributed by atoms with Gasteiger partial charge in [0.15, 0.2) is 0 Å². The smallest absolute Gasteiger partial charge is 0.394 e. The molecule has 0 aliphatic heterocycles. The van der Waals surface area contributed by atoms with Gasteiger partial charge in [-0.05, 0) is 29.7 Å². The van der Waals surface area contributed by atoms with Crippen LogP contribution in [0.4, 0.5) is 13.2 Å². The summed E-state index contributed by atoms with van der Waals surface area (Å²) in [5.41, 5.74) is 0.441. The fraction of sp³-hybridized carbons (Fsp3) is 0.455. The summed E-state index contributed by atoms with van der Waals surface area (Å²) in [6, 6.07) is 3.54. The average Bonchev–Trinajstić information content (AvgIpc) is 2.05. The van der Waals surface area contributed by atoms with E-state index in [1.54, 1.807) is 13.8 Å². The Morgan fingerprint density at radius 3 is 2.33 bits per heavy atom. The molecule has 1 aromatic carbocycles. The molecule has 0 saturated carbocycles. The topological polar surface area (TPSA) is 9.23 Å². The Hall–Kier alpha value is -1.19. The summed E-state index contributed by atoms with van der Waals surface area (Å²) in [5.74, 6) is -0.498. The fourth-order valence-electron chi connectivity index (χ4n) is 1.26. The lowest BCUT2D eigenvalue weighted by Gasteiger charge is -2.17. The molecule has 0 aromatic heterocycles. The number of alkyl halides is 2. The second kappa shape index (κ2) is 4.13. The number of ether oxygens (including phenoxy) is 1. The van der Waals surface area contributed by atoms with Crippen molar-refractivity contribution in [1.29, 1.82) is 0 Å². The Morgan fingerprint density at radius 2 is 1.87 bits per heavy atom. The van der Waals surface area contributed by atoms with Crippen LogP contribution in [-0.2, 0) is 0 Å². The van der Waals surface area contributed by atoms with Gasteiger partial charge in [-0.2, -0.15) is 8.78 Å². The first kappa shape index (κ1) is 11.9. The summed E-state index contributed by atoms with van der Waals surface area (Å²) in [6.07, 6.45) is -3.25. The highest BCUT2D eigenvalue weighted by atomic mass is 19.3. The molecule has 4 heteroatoms. The van der Waals surface area contributed by atoms with Gasteiger partial charge in [-0.1, -0.05) is 13.8 Å². The lowest BCUT2D eigenvalue weighted by Crippen LogP contribution is -2.20. The van der Waals surface area contributed by atoms with Gasteiger partial charge >= 0.3 is 6.11 Å². The molecule has 0 aliphatic rings. The predicted octanol–water partition coefficient (Wildman–Crippen LogP) is 3.94. The van der Waals surface area contributed by atoms with Crippen LogP contribution in [-0.4, -0.2) is 6.11 Å². The summed E-state index contributed by atoms with van der Waals surface area (Å²) in [6.45, 7) is 4.23. The highest BCUT2D eigenvalue weighted by Gasteiger charge is 2.25. The fourth-order valence-corrected chi connectivity index (χ4v) is 1.26. The molecule has 0 unspecified atom stereocenters. The highest BCUT2D eigenvalue weighted by Crippen LogP contribution is 2.30. The van der Waals surface area contributed by atoms with Gasteiger partial charge < -0.3 is 4.74 Å². The van der Waals surface area contributed by atoms with Crippen LogP contribution < -0.4 is 4.74 Å². The Bertz CT molecular complexity index is 342. The normalized spacial score (nSPS) is 11.9. The number of hydrogen-bond donors (Lipinski definition) is 0. The molecule has 0 amide bonds. The van der Waals surface area contributed by atoms with Crippen molar-refractivity contribution in [2.24, 2.45) is 0 Å². The zero-order valence-corrected chi connectivity index (χ0v) is 8.85. The number of benzene rings is 1. The van der Waals surface area contributed by atoms with Crippen LogP contribution in [0.25, 0.3) is 0 Å². The lowest BCUT2D eigenvalue weighted by molar-refractivity contribution is -0.159. The number of halogens is 3. The Morgan fingerprint density at radius 1 is 1.27 bits per heavy atom. The van der Waals surface area contributed by atoms with E-state index in [9.17, 15) is 13.2 Å². The van der Waals surface area contributed by atoms with Crippen LogP contribution in [0.5, 0.6) is 5.75 Å². The molecule has 1 nitrogen and oxygen atoms in total. The van der Waals surface area contributed by atoms with Crippen LogP contribution in [0, 0.1) is 5.82 Å². The number of hydrogen-bond acceptors (Lipinski definition) is 1. The zero-order chi connectivity index (χ0) is 11.6. The van der Waals surface area contributed by atoms with Crippen molar-refractivity contribution in [1.82, 2.24) is 0 Å². The number of rotatable bonds is 3. The molecule has 0 heterocycles. The summed E-state index contributed by atoms with van der Waals surface area (Å²) in [5, 5.41) is 0. The molecule has 0 spiro atoms. The third-order valence-electron chi connectivity index (χ3n) is 1.88. The minimum Gasteiger partial charge on any atom is -0.432 e. The van der Waals surface area contributed by atoms with Crippen LogP contribution in [0.3, 0.4) is 0 Å². The van der Waals surface area contributed by atoms with Gasteiger partial charge in [0.25, 0.3) is 0 Å². The molecule has 1 aromatic rings. The molecule has 0 radical (unpaired) electrons. The van der Waals surface area contributed by atoms with Gasteiger partial charge in [0.1, 0.15) is 11.6 Å². The van der Waals surface area contributed by atoms with Crippen molar-refractivity contribution >= 4 is 0 Å². The standard InChI is InChI=1S/C11H13F3O/c1-7(2)9-6-8(12)4-5-10(9)15-11(3,13)14/h4-7H,1-3H3. The van der Waals surface area contributed by atoms with E-state index in [1.807, 2.05) is 0 Å². The minimum atomic E-state index is -3.25. The van der Waals surface area contributed by atoms with Gasteiger partial charge in [0.2, 0.25) is 0 Å². The van der Waals surface area contributed by atoms with Gasteiger partial charge in [-0.15, -0.1) is 0 Å². The summed E-state index contributed by atoms with van der Waals surface area (Å²) in [4.78, 5) is 0. The molecular weight excluding hydrogens is 205 g/mol. The van der Waals surface area contributed by atoms with Gasteiger partial charge in [-0.3, -0.25) is 0 Å². The quantitative estimate of drug-likeness (QED) is 0.746. The van der Waals surface area contributed by atoms with E-state index in [2.05, 4.69) is 4.74 Å². The van der Waals surface area contributed by atoms with Crippen LogP contribution in [0.15, 0.2) is 18.2 Å². The van der Waals surface area contributed by atoms with Crippen LogP contribution in [0.1, 0.15) is 32.3 Å². The molecule has 15 heavy (non-hydrogen) atoms. The first-order valence-electron chi connectivity index (χ1n) is 4.66. The van der Waals surface area contributed by atoms with Crippen molar-refractivity contribution < 1.29 is 17.9 Å². The van der Waals surface area contributed by atoms with E-state index < -0.39 is 11.9 Å². The van der Waals surface area contributed by atoms with E-state index in [1.165, 1.54) is 12.1 Å². The molecule has 0 N–H and O–H groups in total. The maximum Gasteiger partial charge on any atom is 0.394 e. The second-order valence-electron chi connectivity index (χ2n) is 3.75. The van der Waals surface area contributed by atoms with E-state index in [0.717, 1.165) is 6.07 Å². The van der Waals surface area contributed by atoms with E-state index in [0.29, 0.717) is 12.5 Å². The van der Waals surface area contributed by atoms with Crippen LogP contribution in [0.2, 0.25) is 0 Å². The molecule has 0 bridgehead atoms. The monoisotopic (exact) mass is 218 g/mol. The maximum absolute atomic E-state index is 12.9. The first-order valence-corrected chi connectivity index (χ1v) is 4.66. The van der Waals surface area contributed by atoms with E-state index in [-0.39, 0.29) is 11.7 Å². The molecule has 0 atom stereocenters. The molecule has 0 aliphatic carbocycles. The lowest BCUT2D eigenvalue weighted by atomic mass is 10.0. The molecule has 84 valence electrons. The first-order chi connectivity index (χ1) is 6.79. The molecule has 1 rings (SSSR count). The summed E-state index contributed by atoms with van der Waals surface area (Å²) >= 11 is 0. The third kappa shape index (κ3) is 3.46. The summed E-state index contributed by atoms with van der Waals surface area (Å²) < 4.78 is 42.6. The largest absolute Gasteiger partial charge is 0.432 e.